The molecule has 0 aliphatic carbocycles. The number of fused-ring (bicyclic) bond motifs is 2. The van der Waals surface area contributed by atoms with Gasteiger partial charge in [0.2, 0.25) is 5.95 Å². The molecule has 11 heteroatoms. The van der Waals surface area contributed by atoms with Gasteiger partial charge in [-0.1, -0.05) is 6.08 Å². The van der Waals surface area contributed by atoms with Gasteiger partial charge in [0, 0.05) is 25.5 Å². The van der Waals surface area contributed by atoms with Crippen LogP contribution in [0.15, 0.2) is 30.7 Å². The number of halogens is 3. The first kappa shape index (κ1) is 20.2. The Morgan fingerprint density at radius 3 is 2.80 bits per heavy atom. The summed E-state index contributed by atoms with van der Waals surface area (Å²) in [5.41, 5.74) is 2.46. The normalized spacial score (nSPS) is 21.9. The number of amides is 2. The van der Waals surface area contributed by atoms with Crippen molar-refractivity contribution in [3.63, 3.8) is 0 Å². The third-order valence-corrected chi connectivity index (χ3v) is 5.41. The van der Waals surface area contributed by atoms with Crippen LogP contribution in [-0.4, -0.2) is 55.0 Å². The lowest BCUT2D eigenvalue weighted by Crippen LogP contribution is -2.53. The van der Waals surface area contributed by atoms with E-state index in [1.54, 1.807) is 29.3 Å². The van der Waals surface area contributed by atoms with E-state index in [4.69, 9.17) is 0 Å². The third-order valence-electron chi connectivity index (χ3n) is 5.41. The lowest BCUT2D eigenvalue weighted by atomic mass is 9.98. The number of carbonyl (C=O) groups excluding carboxylic acids is 1. The van der Waals surface area contributed by atoms with Crippen LogP contribution in [0.25, 0.3) is 5.57 Å². The van der Waals surface area contributed by atoms with Crippen LogP contribution in [0.4, 0.5) is 29.6 Å². The Balaban J connectivity index is 1.49. The Bertz CT molecular complexity index is 971. The number of alkyl halides is 3. The molecular formula is C19H22F3N7O. The van der Waals surface area contributed by atoms with E-state index in [0.29, 0.717) is 18.8 Å². The standard InChI is InChI=1S/C19H22F3N7O/c1-11(19(20,21)22)25-18(30)29-14-3-4-15(29)8-12(7-14)16-5-6-23-17(27-16)26-13-9-24-28(2)10-13/h5-7,9-11,14-15H,3-4,8H2,1-2H3,(H,25,30)(H,23,26,27)/t11-,14?,15?/m1/s1. The Hall–Kier alpha value is -3.11. The first-order chi connectivity index (χ1) is 14.2. The van der Waals surface area contributed by atoms with E-state index in [1.165, 1.54) is 4.90 Å². The zero-order valence-corrected chi connectivity index (χ0v) is 16.5. The molecule has 2 aromatic rings. The number of carbonyl (C=O) groups is 1. The summed E-state index contributed by atoms with van der Waals surface area (Å²) < 4.78 is 40.0. The summed E-state index contributed by atoms with van der Waals surface area (Å²) in [4.78, 5) is 22.8. The fraction of sp³-hybridized carbons (Fsp3) is 0.474. The van der Waals surface area contributed by atoms with Crippen LogP contribution in [0.1, 0.15) is 31.9 Å². The number of hydrogen-bond acceptors (Lipinski definition) is 5. The largest absolute Gasteiger partial charge is 0.408 e. The van der Waals surface area contributed by atoms with Gasteiger partial charge in [-0.2, -0.15) is 18.3 Å². The van der Waals surface area contributed by atoms with Gasteiger partial charge in [0.15, 0.2) is 0 Å². The van der Waals surface area contributed by atoms with E-state index >= 15 is 0 Å². The lowest BCUT2D eigenvalue weighted by Gasteiger charge is -2.35. The molecule has 30 heavy (non-hydrogen) atoms. The van der Waals surface area contributed by atoms with E-state index in [0.717, 1.165) is 30.3 Å². The van der Waals surface area contributed by atoms with Crippen molar-refractivity contribution in [2.45, 2.75) is 50.5 Å². The van der Waals surface area contributed by atoms with Gasteiger partial charge in [0.25, 0.3) is 0 Å². The summed E-state index contributed by atoms with van der Waals surface area (Å²) in [7, 11) is 1.81. The van der Waals surface area contributed by atoms with E-state index < -0.39 is 18.2 Å². The van der Waals surface area contributed by atoms with Crippen LogP contribution in [0, 0.1) is 0 Å². The average Bonchev–Trinajstić information content (AvgIpc) is 3.20. The maximum absolute atomic E-state index is 12.8. The minimum absolute atomic E-state index is 0.153. The number of aromatic nitrogens is 4. The summed E-state index contributed by atoms with van der Waals surface area (Å²) in [5, 5.41) is 9.25. The molecular weight excluding hydrogens is 399 g/mol. The molecule has 2 aliphatic rings. The van der Waals surface area contributed by atoms with Crippen molar-refractivity contribution in [1.82, 2.24) is 30.0 Å². The van der Waals surface area contributed by atoms with Crippen molar-refractivity contribution < 1.29 is 18.0 Å². The third kappa shape index (κ3) is 4.10. The fourth-order valence-corrected chi connectivity index (χ4v) is 3.89. The highest BCUT2D eigenvalue weighted by Gasteiger charge is 2.43. The van der Waals surface area contributed by atoms with E-state index in [-0.39, 0.29) is 12.1 Å². The second-order valence-corrected chi connectivity index (χ2v) is 7.61. The highest BCUT2D eigenvalue weighted by Crippen LogP contribution is 2.38. The monoisotopic (exact) mass is 421 g/mol. The molecule has 0 saturated carbocycles. The Labute approximate surface area is 171 Å². The molecule has 2 bridgehead atoms. The van der Waals surface area contributed by atoms with Gasteiger partial charge < -0.3 is 15.5 Å². The number of aryl methyl sites for hydroxylation is 1. The van der Waals surface area contributed by atoms with E-state index in [2.05, 4.69) is 25.7 Å². The molecule has 1 saturated heterocycles. The van der Waals surface area contributed by atoms with Crippen LogP contribution in [0.2, 0.25) is 0 Å². The molecule has 160 valence electrons. The summed E-state index contributed by atoms with van der Waals surface area (Å²) in [6.07, 6.45) is 4.56. The summed E-state index contributed by atoms with van der Waals surface area (Å²) >= 11 is 0. The molecule has 8 nitrogen and oxygen atoms in total. The molecule has 2 N–H and O–H groups in total. The van der Waals surface area contributed by atoms with Crippen LogP contribution >= 0.6 is 0 Å². The molecule has 2 aliphatic heterocycles. The minimum atomic E-state index is -4.47. The number of nitrogens with zero attached hydrogens (tertiary/aromatic N) is 5. The smallest absolute Gasteiger partial charge is 0.326 e. The number of rotatable bonds is 4. The fourth-order valence-electron chi connectivity index (χ4n) is 3.89. The Morgan fingerprint density at radius 1 is 1.33 bits per heavy atom. The van der Waals surface area contributed by atoms with Crippen molar-refractivity contribution in [3.05, 3.63) is 36.4 Å². The van der Waals surface area contributed by atoms with E-state index in [9.17, 15) is 18.0 Å². The maximum atomic E-state index is 12.8. The van der Waals surface area contributed by atoms with Crippen molar-refractivity contribution in [3.8, 4) is 0 Å². The zero-order chi connectivity index (χ0) is 21.5. The molecule has 0 aromatic carbocycles. The van der Waals surface area contributed by atoms with Crippen LogP contribution < -0.4 is 10.6 Å². The number of urea groups is 1. The van der Waals surface area contributed by atoms with Gasteiger partial charge in [-0.15, -0.1) is 0 Å². The molecule has 2 unspecified atom stereocenters. The summed E-state index contributed by atoms with van der Waals surface area (Å²) in [6, 6.07) is -1.17. The number of hydrogen-bond donors (Lipinski definition) is 2. The molecule has 0 spiro atoms. The SMILES string of the molecule is C[C@@H](NC(=O)N1C2C=C(c3ccnc(Nc4cnn(C)c4)n3)CC1CC2)C(F)(F)F. The average molecular weight is 421 g/mol. The molecule has 1 fully saturated rings. The van der Waals surface area contributed by atoms with Gasteiger partial charge in [0.1, 0.15) is 6.04 Å². The highest BCUT2D eigenvalue weighted by atomic mass is 19.4. The topological polar surface area (TPSA) is 88.0 Å². The van der Waals surface area contributed by atoms with Crippen molar-refractivity contribution >= 4 is 23.2 Å². The van der Waals surface area contributed by atoms with Gasteiger partial charge in [0.05, 0.1) is 23.6 Å². The quantitative estimate of drug-likeness (QED) is 0.792. The first-order valence-electron chi connectivity index (χ1n) is 9.66. The lowest BCUT2D eigenvalue weighted by molar-refractivity contribution is -0.149. The zero-order valence-electron chi connectivity index (χ0n) is 16.5. The van der Waals surface area contributed by atoms with E-state index in [1.807, 2.05) is 13.1 Å². The van der Waals surface area contributed by atoms with Gasteiger partial charge >= 0.3 is 12.2 Å². The summed E-state index contributed by atoms with van der Waals surface area (Å²) in [5.74, 6) is 0.424. The minimum Gasteiger partial charge on any atom is -0.326 e. The second kappa shape index (κ2) is 7.62. The molecule has 0 radical (unpaired) electrons. The molecule has 2 aromatic heterocycles. The van der Waals surface area contributed by atoms with Crippen LogP contribution in [0.3, 0.4) is 0 Å². The summed E-state index contributed by atoms with van der Waals surface area (Å²) in [6.45, 7) is 0.947. The Morgan fingerprint density at radius 2 is 2.13 bits per heavy atom. The second-order valence-electron chi connectivity index (χ2n) is 7.61. The maximum Gasteiger partial charge on any atom is 0.408 e. The van der Waals surface area contributed by atoms with Gasteiger partial charge in [-0.25, -0.2) is 14.8 Å². The molecule has 3 atom stereocenters. The molecule has 2 amide bonds. The number of anilines is 2. The first-order valence-corrected chi connectivity index (χ1v) is 9.66. The predicted octanol–water partition coefficient (Wildman–Crippen LogP) is 3.23. The predicted molar refractivity (Wildman–Crippen MR) is 104 cm³/mol. The van der Waals surface area contributed by atoms with Crippen molar-refractivity contribution in [2.75, 3.05) is 5.32 Å². The van der Waals surface area contributed by atoms with Crippen molar-refractivity contribution in [1.29, 1.82) is 0 Å². The molecule has 4 rings (SSSR count). The van der Waals surface area contributed by atoms with Crippen LogP contribution in [0.5, 0.6) is 0 Å². The highest BCUT2D eigenvalue weighted by molar-refractivity contribution is 5.78. The van der Waals surface area contributed by atoms with Crippen molar-refractivity contribution in [2.24, 2.45) is 7.05 Å². The Kier molecular flexibility index (Phi) is 5.12. The van der Waals surface area contributed by atoms with Gasteiger partial charge in [-0.3, -0.25) is 4.68 Å². The van der Waals surface area contributed by atoms with Crippen LogP contribution in [-0.2, 0) is 7.05 Å². The van der Waals surface area contributed by atoms with Gasteiger partial charge in [-0.05, 0) is 37.8 Å². The number of nitrogens with one attached hydrogen (secondary N) is 2. The molecule has 4 heterocycles.